The molecule has 0 radical (unpaired) electrons. The third kappa shape index (κ3) is 4.49. The van der Waals surface area contributed by atoms with Crippen molar-refractivity contribution >= 4 is 5.91 Å². The van der Waals surface area contributed by atoms with Crippen molar-refractivity contribution in [2.45, 2.75) is 33.2 Å². The van der Waals surface area contributed by atoms with Gasteiger partial charge in [0.2, 0.25) is 5.91 Å². The van der Waals surface area contributed by atoms with Crippen molar-refractivity contribution < 1.29 is 4.79 Å². The molecule has 0 heterocycles. The van der Waals surface area contributed by atoms with Crippen LogP contribution >= 0.6 is 0 Å². The monoisotopic (exact) mass is 248 g/mol. The van der Waals surface area contributed by atoms with E-state index >= 15 is 0 Å². The van der Waals surface area contributed by atoms with Crippen molar-refractivity contribution in [2.24, 2.45) is 11.7 Å². The maximum atomic E-state index is 12.2. The molecule has 0 bridgehead atoms. The van der Waals surface area contributed by atoms with Gasteiger partial charge in [-0.1, -0.05) is 44.2 Å². The van der Waals surface area contributed by atoms with Crippen molar-refractivity contribution in [1.82, 2.24) is 4.90 Å². The van der Waals surface area contributed by atoms with Crippen LogP contribution in [0.15, 0.2) is 30.3 Å². The van der Waals surface area contributed by atoms with Crippen LogP contribution in [-0.4, -0.2) is 29.9 Å². The Labute approximate surface area is 110 Å². The summed E-state index contributed by atoms with van der Waals surface area (Å²) in [6.07, 6.45) is 0.605. The quantitative estimate of drug-likeness (QED) is 0.837. The highest BCUT2D eigenvalue weighted by Gasteiger charge is 2.20. The molecule has 0 aromatic heterocycles. The number of hydrogen-bond acceptors (Lipinski definition) is 2. The molecule has 0 aliphatic carbocycles. The van der Waals surface area contributed by atoms with Gasteiger partial charge in [-0.3, -0.25) is 4.79 Å². The molecule has 0 spiro atoms. The van der Waals surface area contributed by atoms with E-state index in [4.69, 9.17) is 5.73 Å². The van der Waals surface area contributed by atoms with Crippen molar-refractivity contribution in [3.63, 3.8) is 0 Å². The second kappa shape index (κ2) is 7.17. The van der Waals surface area contributed by atoms with Crippen LogP contribution in [0.5, 0.6) is 0 Å². The molecule has 0 fully saturated rings. The fraction of sp³-hybridized carbons (Fsp3) is 0.533. The fourth-order valence-electron chi connectivity index (χ4n) is 2.01. The minimum Gasteiger partial charge on any atom is -0.341 e. The van der Waals surface area contributed by atoms with Crippen LogP contribution in [0.2, 0.25) is 0 Å². The summed E-state index contributed by atoms with van der Waals surface area (Å²) in [5, 5.41) is 0. The van der Waals surface area contributed by atoms with Crippen molar-refractivity contribution in [3.05, 3.63) is 35.9 Å². The average Bonchev–Trinajstić information content (AvgIpc) is 2.36. The zero-order valence-corrected chi connectivity index (χ0v) is 11.6. The van der Waals surface area contributed by atoms with Crippen LogP contribution < -0.4 is 5.73 Å². The van der Waals surface area contributed by atoms with Crippen molar-refractivity contribution in [3.8, 4) is 0 Å². The number of likely N-dealkylation sites (N-methyl/N-ethyl adjacent to an activating group) is 1. The van der Waals surface area contributed by atoms with Crippen molar-refractivity contribution in [1.29, 1.82) is 0 Å². The minimum absolute atomic E-state index is 0.0510. The van der Waals surface area contributed by atoms with Crippen LogP contribution in [0.25, 0.3) is 0 Å². The molecular formula is C15H24N2O. The first kappa shape index (κ1) is 14.7. The lowest BCUT2D eigenvalue weighted by atomic mass is 10.1. The van der Waals surface area contributed by atoms with Gasteiger partial charge in [0.05, 0.1) is 6.04 Å². The van der Waals surface area contributed by atoms with Gasteiger partial charge in [0.1, 0.15) is 0 Å². The lowest BCUT2D eigenvalue weighted by Crippen LogP contribution is -2.46. The molecule has 1 aromatic carbocycles. The first-order chi connectivity index (χ1) is 8.54. The highest BCUT2D eigenvalue weighted by Crippen LogP contribution is 2.06. The van der Waals surface area contributed by atoms with Gasteiger partial charge in [-0.25, -0.2) is 0 Å². The smallest absolute Gasteiger partial charge is 0.239 e. The van der Waals surface area contributed by atoms with Gasteiger partial charge < -0.3 is 10.6 Å². The predicted octanol–water partition coefficient (Wildman–Crippen LogP) is 2.06. The number of benzene rings is 1. The molecule has 0 aliphatic rings. The Bertz CT molecular complexity index is 362. The standard InChI is InChI=1S/C15H24N2O/c1-4-17(11-12(2)3)15(18)14(16)10-13-8-6-5-7-9-13/h5-9,12,14H,4,10-11,16H2,1-3H3. The van der Waals surface area contributed by atoms with Gasteiger partial charge in [0.15, 0.2) is 0 Å². The summed E-state index contributed by atoms with van der Waals surface area (Å²) in [4.78, 5) is 14.1. The number of carbonyl (C=O) groups excluding carboxylic acids is 1. The number of amides is 1. The molecule has 1 aromatic rings. The molecule has 0 saturated carbocycles. The summed E-state index contributed by atoms with van der Waals surface area (Å²) < 4.78 is 0. The van der Waals surface area contributed by atoms with Crippen LogP contribution in [0.1, 0.15) is 26.3 Å². The first-order valence-corrected chi connectivity index (χ1v) is 6.62. The molecule has 0 saturated heterocycles. The summed E-state index contributed by atoms with van der Waals surface area (Å²) >= 11 is 0. The van der Waals surface area contributed by atoms with E-state index in [2.05, 4.69) is 13.8 Å². The van der Waals surface area contributed by atoms with Crippen LogP contribution in [0.4, 0.5) is 0 Å². The first-order valence-electron chi connectivity index (χ1n) is 6.62. The lowest BCUT2D eigenvalue weighted by molar-refractivity contribution is -0.132. The van der Waals surface area contributed by atoms with Crippen LogP contribution in [0.3, 0.4) is 0 Å². The largest absolute Gasteiger partial charge is 0.341 e. The Morgan fingerprint density at radius 1 is 1.28 bits per heavy atom. The number of nitrogens with zero attached hydrogens (tertiary/aromatic N) is 1. The Kier molecular flexibility index (Phi) is 5.86. The average molecular weight is 248 g/mol. The Hall–Kier alpha value is -1.35. The van der Waals surface area contributed by atoms with Gasteiger partial charge in [0.25, 0.3) is 0 Å². The molecule has 1 unspecified atom stereocenters. The summed E-state index contributed by atoms with van der Waals surface area (Å²) in [7, 11) is 0. The van der Waals surface area contributed by atoms with E-state index in [1.807, 2.05) is 42.2 Å². The van der Waals surface area contributed by atoms with E-state index in [9.17, 15) is 4.79 Å². The van der Waals surface area contributed by atoms with Gasteiger partial charge in [0, 0.05) is 13.1 Å². The number of rotatable bonds is 6. The highest BCUT2D eigenvalue weighted by atomic mass is 16.2. The van der Waals surface area contributed by atoms with Crippen molar-refractivity contribution in [2.75, 3.05) is 13.1 Å². The van der Waals surface area contributed by atoms with Crippen LogP contribution in [0, 0.1) is 5.92 Å². The summed E-state index contributed by atoms with van der Waals surface area (Å²) in [5.41, 5.74) is 7.12. The van der Waals surface area contributed by atoms with Gasteiger partial charge >= 0.3 is 0 Å². The molecular weight excluding hydrogens is 224 g/mol. The lowest BCUT2D eigenvalue weighted by Gasteiger charge is -2.26. The highest BCUT2D eigenvalue weighted by molar-refractivity contribution is 5.82. The summed E-state index contributed by atoms with van der Waals surface area (Å²) in [6, 6.07) is 9.48. The van der Waals surface area contributed by atoms with E-state index < -0.39 is 6.04 Å². The van der Waals surface area contributed by atoms with Gasteiger partial charge in [-0.05, 0) is 24.8 Å². The zero-order valence-electron chi connectivity index (χ0n) is 11.6. The molecule has 3 heteroatoms. The molecule has 2 N–H and O–H groups in total. The number of carbonyl (C=O) groups is 1. The second-order valence-electron chi connectivity index (χ2n) is 5.07. The topological polar surface area (TPSA) is 46.3 Å². The Balaban J connectivity index is 2.59. The SMILES string of the molecule is CCN(CC(C)C)C(=O)C(N)Cc1ccccc1. The van der Waals surface area contributed by atoms with Gasteiger partial charge in [-0.15, -0.1) is 0 Å². The maximum Gasteiger partial charge on any atom is 0.239 e. The molecule has 1 atom stereocenters. The van der Waals surface area contributed by atoms with Crippen LogP contribution in [-0.2, 0) is 11.2 Å². The summed E-state index contributed by atoms with van der Waals surface area (Å²) in [6.45, 7) is 7.71. The Morgan fingerprint density at radius 3 is 2.39 bits per heavy atom. The van der Waals surface area contributed by atoms with E-state index in [1.54, 1.807) is 0 Å². The second-order valence-corrected chi connectivity index (χ2v) is 5.07. The fourth-order valence-corrected chi connectivity index (χ4v) is 2.01. The molecule has 18 heavy (non-hydrogen) atoms. The normalized spacial score (nSPS) is 12.5. The predicted molar refractivity (Wildman–Crippen MR) is 75.2 cm³/mol. The summed E-state index contributed by atoms with van der Waals surface area (Å²) in [5.74, 6) is 0.521. The van der Waals surface area contributed by atoms with E-state index in [1.165, 1.54) is 0 Å². The van der Waals surface area contributed by atoms with E-state index in [0.29, 0.717) is 12.3 Å². The molecule has 1 rings (SSSR count). The molecule has 1 amide bonds. The van der Waals surface area contributed by atoms with Gasteiger partial charge in [-0.2, -0.15) is 0 Å². The Morgan fingerprint density at radius 2 is 1.89 bits per heavy atom. The molecule has 100 valence electrons. The van der Waals surface area contributed by atoms with E-state index in [-0.39, 0.29) is 5.91 Å². The third-order valence-corrected chi connectivity index (χ3v) is 2.89. The van der Waals surface area contributed by atoms with E-state index in [0.717, 1.165) is 18.7 Å². The number of nitrogens with two attached hydrogens (primary N) is 1. The maximum absolute atomic E-state index is 12.2. The molecule has 3 nitrogen and oxygen atoms in total. The third-order valence-electron chi connectivity index (χ3n) is 2.89. The zero-order chi connectivity index (χ0) is 13.5. The molecule has 0 aliphatic heterocycles. The minimum atomic E-state index is -0.439. The number of hydrogen-bond donors (Lipinski definition) is 1.